The maximum absolute atomic E-state index is 10.2. The zero-order valence-electron chi connectivity index (χ0n) is 13.9. The Kier molecular flexibility index (Phi) is 5.56. The fraction of sp³-hybridized carbons (Fsp3) is 0.750. The van der Waals surface area contributed by atoms with Gasteiger partial charge in [-0.1, -0.05) is 13.8 Å². The van der Waals surface area contributed by atoms with Crippen LogP contribution in [0, 0.1) is 11.3 Å². The van der Waals surface area contributed by atoms with Crippen molar-refractivity contribution in [3.8, 4) is 0 Å². The van der Waals surface area contributed by atoms with Crippen LogP contribution in [0.1, 0.15) is 45.6 Å². The van der Waals surface area contributed by atoms with E-state index in [2.05, 4.69) is 13.8 Å². The summed E-state index contributed by atoms with van der Waals surface area (Å²) in [5, 5.41) is 40.8. The summed E-state index contributed by atoms with van der Waals surface area (Å²) in [6.07, 6.45) is 3.09. The highest BCUT2D eigenvalue weighted by Crippen LogP contribution is 2.65. The molecule has 4 rings (SSSR count). The Morgan fingerprint density at radius 2 is 2.00 bits per heavy atom. The van der Waals surface area contributed by atoms with Gasteiger partial charge in [-0.2, -0.15) is 11.3 Å². The van der Waals surface area contributed by atoms with Crippen molar-refractivity contribution in [2.75, 3.05) is 0 Å². The second kappa shape index (κ2) is 6.66. The van der Waals surface area contributed by atoms with Crippen molar-refractivity contribution in [2.24, 2.45) is 11.3 Å². The molecule has 3 fully saturated rings. The average Bonchev–Trinajstić information content (AvgIpc) is 2.95. The monoisotopic (exact) mass is 360 g/mol. The van der Waals surface area contributed by atoms with Crippen molar-refractivity contribution in [3.63, 3.8) is 0 Å². The third-order valence-electron chi connectivity index (χ3n) is 5.83. The van der Waals surface area contributed by atoms with Crippen LogP contribution in [0.5, 0.6) is 0 Å². The summed E-state index contributed by atoms with van der Waals surface area (Å²) in [4.78, 5) is 0. The number of hydrogen-bond acceptors (Lipinski definition) is 5. The van der Waals surface area contributed by atoms with E-state index in [9.17, 15) is 10.2 Å². The molecule has 0 aromatic carbocycles. The summed E-state index contributed by atoms with van der Waals surface area (Å²) in [5.74, 6) is 0.614. The van der Waals surface area contributed by atoms with Crippen molar-refractivity contribution >= 4 is 30.1 Å². The third kappa shape index (κ3) is 3.48. The molecule has 130 valence electrons. The minimum absolute atomic E-state index is 0.0885. The zero-order valence-corrected chi connectivity index (χ0v) is 15.4. The van der Waals surface area contributed by atoms with Gasteiger partial charge in [0.25, 0.3) is 0 Å². The number of fused-ring (bicyclic) bond motifs is 2. The molecule has 0 radical (unpaired) electrons. The molecule has 1 aromatic rings. The van der Waals surface area contributed by atoms with Gasteiger partial charge in [-0.05, 0) is 66.3 Å². The van der Waals surface area contributed by atoms with Gasteiger partial charge < -0.3 is 20.3 Å². The first-order valence-electron chi connectivity index (χ1n) is 7.97. The molecule has 0 saturated heterocycles. The molecule has 4 nitrogen and oxygen atoms in total. The quantitative estimate of drug-likeness (QED) is 0.492. The summed E-state index contributed by atoms with van der Waals surface area (Å²) >= 11 is 7.18. The Morgan fingerprint density at radius 1 is 1.35 bits per heavy atom. The van der Waals surface area contributed by atoms with Crippen molar-refractivity contribution in [1.29, 1.82) is 0 Å². The van der Waals surface area contributed by atoms with Crippen LogP contribution in [0.4, 0.5) is 0 Å². The molecule has 0 aliphatic heterocycles. The normalized spacial score (nSPS) is 35.6. The topological polar surface area (TPSA) is 80.9 Å². The summed E-state index contributed by atoms with van der Waals surface area (Å²) in [5.41, 5.74) is -0.744. The van der Waals surface area contributed by atoms with Gasteiger partial charge in [-0.3, -0.25) is 0 Å². The van der Waals surface area contributed by atoms with E-state index in [-0.39, 0.29) is 5.41 Å². The molecule has 3 saturated carbocycles. The molecule has 0 amide bonds. The Hall–Kier alpha value is -0.105. The Labute approximate surface area is 147 Å². The second-order valence-corrected chi connectivity index (χ2v) is 8.90. The molecule has 3 aliphatic rings. The van der Waals surface area contributed by atoms with Gasteiger partial charge in [0.05, 0.1) is 16.5 Å². The van der Waals surface area contributed by atoms with Crippen molar-refractivity contribution < 1.29 is 20.3 Å². The van der Waals surface area contributed by atoms with E-state index in [4.69, 9.17) is 21.6 Å². The highest BCUT2D eigenvalue weighted by Gasteiger charge is 2.69. The van der Waals surface area contributed by atoms with Gasteiger partial charge in [-0.25, -0.2) is 0 Å². The van der Waals surface area contributed by atoms with E-state index >= 15 is 0 Å². The molecule has 1 aromatic heterocycles. The molecule has 23 heavy (non-hydrogen) atoms. The molecule has 1 heterocycles. The van der Waals surface area contributed by atoms with Crippen molar-refractivity contribution in [3.05, 3.63) is 22.4 Å². The van der Waals surface area contributed by atoms with E-state index in [1.165, 1.54) is 0 Å². The molecule has 0 spiro atoms. The standard InChI is InChI=1S/C10H18O2.C6H8BClO2S/c1-8(2)7-4-5-9(3,11)10(8,12)6-7;8-6(7(9)10)3-5-1-2-11-4-5/h7,11-12H,4-6H2,1-3H3;1-2,4,6,9-10H,3H2/t;6-/m.1/s1. The summed E-state index contributed by atoms with van der Waals surface area (Å²) in [7, 11) is -1.43. The van der Waals surface area contributed by atoms with Gasteiger partial charge >= 0.3 is 7.12 Å². The van der Waals surface area contributed by atoms with Crippen LogP contribution in [-0.4, -0.2) is 43.9 Å². The van der Waals surface area contributed by atoms with Gasteiger partial charge in [0.1, 0.15) is 0 Å². The highest BCUT2D eigenvalue weighted by atomic mass is 35.5. The molecule has 3 aliphatic carbocycles. The minimum atomic E-state index is -1.43. The van der Waals surface area contributed by atoms with Crippen molar-refractivity contribution in [1.82, 2.24) is 0 Å². The fourth-order valence-electron chi connectivity index (χ4n) is 3.86. The van der Waals surface area contributed by atoms with Crippen LogP contribution in [-0.2, 0) is 6.42 Å². The fourth-order valence-corrected chi connectivity index (χ4v) is 4.72. The predicted molar refractivity (Wildman–Crippen MR) is 94.6 cm³/mol. The Balaban J connectivity index is 0.000000168. The Bertz CT molecular complexity index is 510. The first-order valence-corrected chi connectivity index (χ1v) is 9.35. The minimum Gasteiger partial charge on any atom is -0.426 e. The lowest BCUT2D eigenvalue weighted by molar-refractivity contribution is -0.312. The summed E-state index contributed by atoms with van der Waals surface area (Å²) in [6.45, 7) is 5.90. The van der Waals surface area contributed by atoms with E-state index in [0.29, 0.717) is 12.3 Å². The number of hydrogen-bond donors (Lipinski definition) is 4. The molecule has 2 bridgehead atoms. The molecule has 4 atom stereocenters. The van der Waals surface area contributed by atoms with E-state index in [1.54, 1.807) is 18.3 Å². The van der Waals surface area contributed by atoms with Crippen LogP contribution in [0.25, 0.3) is 0 Å². The van der Waals surface area contributed by atoms with Crippen molar-refractivity contribution in [2.45, 2.75) is 62.9 Å². The lowest BCUT2D eigenvalue weighted by Crippen LogP contribution is -2.74. The molecule has 7 heteroatoms. The van der Waals surface area contributed by atoms with E-state index in [1.807, 2.05) is 16.8 Å². The van der Waals surface area contributed by atoms with Gasteiger partial charge in [0.15, 0.2) is 0 Å². The molecular weight excluding hydrogens is 335 g/mol. The number of alkyl halides is 1. The van der Waals surface area contributed by atoms with Gasteiger partial charge in [-0.15, -0.1) is 11.6 Å². The largest absolute Gasteiger partial charge is 0.470 e. The molecule has 4 N–H and O–H groups in total. The van der Waals surface area contributed by atoms with Crippen LogP contribution < -0.4 is 0 Å². The third-order valence-corrected chi connectivity index (χ3v) is 6.94. The molecular formula is C16H26BClO4S. The Morgan fingerprint density at radius 3 is 2.39 bits per heavy atom. The maximum Gasteiger partial charge on any atom is 0.470 e. The number of halogens is 1. The van der Waals surface area contributed by atoms with Crippen LogP contribution in [0.3, 0.4) is 0 Å². The summed E-state index contributed by atoms with van der Waals surface area (Å²) in [6, 6.07) is 1.92. The summed E-state index contributed by atoms with van der Waals surface area (Å²) < 4.78 is 0. The lowest BCUT2D eigenvalue weighted by Gasteiger charge is -2.68. The average molecular weight is 361 g/mol. The smallest absolute Gasteiger partial charge is 0.426 e. The van der Waals surface area contributed by atoms with Crippen LogP contribution in [0.2, 0.25) is 0 Å². The molecule has 3 unspecified atom stereocenters. The van der Waals surface area contributed by atoms with E-state index in [0.717, 1.165) is 24.8 Å². The number of rotatable bonds is 3. The van der Waals surface area contributed by atoms with Crippen LogP contribution >= 0.6 is 22.9 Å². The second-order valence-electron chi connectivity index (χ2n) is 7.56. The first kappa shape index (κ1) is 19.2. The predicted octanol–water partition coefficient (Wildman–Crippen LogP) is 2.22. The van der Waals surface area contributed by atoms with Gasteiger partial charge in [0.2, 0.25) is 0 Å². The van der Waals surface area contributed by atoms with Gasteiger partial charge in [0, 0.05) is 0 Å². The zero-order chi connectivity index (χ0) is 17.5. The highest BCUT2D eigenvalue weighted by molar-refractivity contribution is 7.07. The lowest BCUT2D eigenvalue weighted by atomic mass is 9.41. The number of aliphatic hydroxyl groups is 2. The first-order chi connectivity index (χ1) is 10.5. The number of thiophene rings is 1. The van der Waals surface area contributed by atoms with E-state index < -0.39 is 23.6 Å². The maximum atomic E-state index is 10.2. The van der Waals surface area contributed by atoms with Crippen LogP contribution in [0.15, 0.2) is 16.8 Å². The SMILES string of the molecule is CC1(O)CCC2CC1(O)C2(C)C.OB(O)[C@H](Cl)Cc1ccsc1.